The molecule has 12 heteroatoms. The third kappa shape index (κ3) is 4.57. The molecule has 4 aromatic rings. The molecule has 5 nitrogen and oxygen atoms in total. The molecule has 1 amide bonds. The summed E-state index contributed by atoms with van der Waals surface area (Å²) in [5.74, 6) is -10.2. The van der Waals surface area contributed by atoms with Gasteiger partial charge in [0, 0.05) is 9.13 Å². The van der Waals surface area contributed by atoms with E-state index in [1.807, 2.05) is 35.6 Å². The first-order valence-corrected chi connectivity index (χ1v) is 11.7. The topological polar surface area (TPSA) is 63.2 Å². The van der Waals surface area contributed by atoms with Gasteiger partial charge in [0.2, 0.25) is 11.6 Å². The van der Waals surface area contributed by atoms with E-state index < -0.39 is 40.5 Å². The highest BCUT2D eigenvalue weighted by molar-refractivity contribution is 14.1. The minimum Gasteiger partial charge on any atom is -0.491 e. The van der Waals surface area contributed by atoms with Crippen LogP contribution in [0, 0.1) is 26.8 Å². The molecular formula is C22H12F4IN3O2S2. The largest absolute Gasteiger partial charge is 0.491 e. The van der Waals surface area contributed by atoms with Crippen LogP contribution >= 0.6 is 46.1 Å². The summed E-state index contributed by atoms with van der Waals surface area (Å²) in [7, 11) is 0.837. The number of halogens is 5. The molecule has 0 saturated carbocycles. The summed E-state index contributed by atoms with van der Waals surface area (Å²) in [6.07, 6.45) is 0. The van der Waals surface area contributed by atoms with Gasteiger partial charge >= 0.3 is 0 Å². The first-order valence-electron chi connectivity index (χ1n) is 9.39. The van der Waals surface area contributed by atoms with Gasteiger partial charge in [0.1, 0.15) is 10.6 Å². The van der Waals surface area contributed by atoms with Gasteiger partial charge in [0.05, 0.1) is 23.0 Å². The number of rotatable bonds is 4. The van der Waals surface area contributed by atoms with Crippen molar-refractivity contribution in [1.29, 1.82) is 0 Å². The van der Waals surface area contributed by atoms with Crippen molar-refractivity contribution in [2.45, 2.75) is 0 Å². The zero-order chi connectivity index (χ0) is 24.6. The van der Waals surface area contributed by atoms with Crippen molar-refractivity contribution >= 4 is 73.1 Å². The molecule has 0 aliphatic heterocycles. The van der Waals surface area contributed by atoms with Crippen molar-refractivity contribution in [3.63, 3.8) is 0 Å². The van der Waals surface area contributed by atoms with Crippen LogP contribution < -0.4 is 15.4 Å². The summed E-state index contributed by atoms with van der Waals surface area (Å²) in [5.41, 5.74) is 0.466. The molecule has 34 heavy (non-hydrogen) atoms. The van der Waals surface area contributed by atoms with Gasteiger partial charge in [-0.05, 0) is 65.1 Å². The zero-order valence-electron chi connectivity index (χ0n) is 17.0. The maximum Gasteiger partial charge on any atom is 0.263 e. The van der Waals surface area contributed by atoms with E-state index in [9.17, 15) is 22.4 Å². The summed E-state index contributed by atoms with van der Waals surface area (Å²) in [6.45, 7) is 0. The predicted molar refractivity (Wildman–Crippen MR) is 134 cm³/mol. The molecular weight excluding hydrogens is 605 g/mol. The molecule has 0 aliphatic carbocycles. The molecule has 0 aliphatic rings. The molecule has 0 saturated heterocycles. The molecule has 0 spiro atoms. The number of thiazole rings is 1. The summed E-state index contributed by atoms with van der Waals surface area (Å²) < 4.78 is 62.6. The van der Waals surface area contributed by atoms with Gasteiger partial charge in [-0.1, -0.05) is 12.1 Å². The Morgan fingerprint density at radius 3 is 2.38 bits per heavy atom. The van der Waals surface area contributed by atoms with E-state index in [2.05, 4.69) is 37.6 Å². The molecule has 0 radical (unpaired) electrons. The smallest absolute Gasteiger partial charge is 0.263 e. The first kappa shape index (κ1) is 24.3. The van der Waals surface area contributed by atoms with Crippen LogP contribution in [0.25, 0.3) is 20.8 Å². The number of nitrogens with zero attached hydrogens (tertiary/aromatic N) is 1. The molecule has 4 rings (SSSR count). The lowest BCUT2D eigenvalue weighted by molar-refractivity contribution is 0.0966. The Hall–Kier alpha value is -2.84. The molecule has 1 heterocycles. The van der Waals surface area contributed by atoms with Gasteiger partial charge in [-0.25, -0.2) is 13.8 Å². The number of benzene rings is 3. The number of ether oxygens (including phenoxy) is 1. The number of thiocarbonyl (C=S) groups is 1. The molecule has 0 unspecified atom stereocenters. The van der Waals surface area contributed by atoms with Crippen molar-refractivity contribution in [1.82, 2.24) is 10.3 Å². The Morgan fingerprint density at radius 2 is 1.74 bits per heavy atom. The molecule has 0 atom stereocenters. The Kier molecular flexibility index (Phi) is 7.00. The number of nitrogens with one attached hydrogen (secondary N) is 2. The van der Waals surface area contributed by atoms with Crippen LogP contribution in [-0.4, -0.2) is 23.1 Å². The number of fused-ring (bicyclic) bond motifs is 1. The van der Waals surface area contributed by atoms with Crippen LogP contribution in [0.1, 0.15) is 10.4 Å². The Labute approximate surface area is 213 Å². The lowest BCUT2D eigenvalue weighted by Crippen LogP contribution is -2.35. The minimum atomic E-state index is -1.90. The molecule has 0 fully saturated rings. The van der Waals surface area contributed by atoms with Gasteiger partial charge < -0.3 is 10.1 Å². The van der Waals surface area contributed by atoms with Gasteiger partial charge in [-0.15, -0.1) is 11.3 Å². The summed E-state index contributed by atoms with van der Waals surface area (Å²) in [4.78, 5) is 17.0. The van der Waals surface area contributed by atoms with E-state index in [-0.39, 0.29) is 5.11 Å². The molecule has 174 valence electrons. The number of hydrogen-bond donors (Lipinski definition) is 2. The van der Waals surface area contributed by atoms with Crippen LogP contribution in [-0.2, 0) is 0 Å². The second-order valence-electron chi connectivity index (χ2n) is 6.75. The van der Waals surface area contributed by atoms with Crippen molar-refractivity contribution in [2.75, 3.05) is 12.4 Å². The maximum atomic E-state index is 14.3. The minimum absolute atomic E-state index is 0.344. The maximum absolute atomic E-state index is 14.3. The van der Waals surface area contributed by atoms with E-state index in [4.69, 9.17) is 12.2 Å². The molecule has 2 N–H and O–H groups in total. The number of carbonyl (C=O) groups is 1. The number of amides is 1. The van der Waals surface area contributed by atoms with Crippen molar-refractivity contribution in [3.05, 3.63) is 74.9 Å². The van der Waals surface area contributed by atoms with Gasteiger partial charge in [0.15, 0.2) is 22.5 Å². The fourth-order valence-electron chi connectivity index (χ4n) is 3.10. The van der Waals surface area contributed by atoms with Crippen LogP contribution in [0.4, 0.5) is 23.2 Å². The van der Waals surface area contributed by atoms with Crippen molar-refractivity contribution in [3.8, 4) is 16.3 Å². The third-order valence-corrected chi connectivity index (χ3v) is 6.58. The fraction of sp³-hybridized carbons (Fsp3) is 0.0455. The average molecular weight is 617 g/mol. The number of methoxy groups -OCH3 is 1. The number of para-hydroxylation sites is 1. The second kappa shape index (κ2) is 9.80. The van der Waals surface area contributed by atoms with Crippen LogP contribution in [0.15, 0.2) is 42.5 Å². The van der Waals surface area contributed by atoms with E-state index in [1.165, 1.54) is 11.3 Å². The summed E-state index contributed by atoms with van der Waals surface area (Å²) in [6, 6.07) is 12.9. The molecule has 0 bridgehead atoms. The Balaban J connectivity index is 1.62. The van der Waals surface area contributed by atoms with E-state index >= 15 is 0 Å². The number of anilines is 1. The standard InChI is InChI=1S/C22H12F4IN3O2S2/c1-32-19-17(25)15(23)14(16(24)18(19)26)20(31)30-22(33)29-11-7-6-9(27)8-10(11)21-28-12-4-2-3-5-13(12)34-21/h2-8H,1H3,(H2,29,30,31,33). The van der Waals surface area contributed by atoms with Gasteiger partial charge in [-0.2, -0.15) is 8.78 Å². The summed E-state index contributed by atoms with van der Waals surface area (Å²) >= 11 is 8.67. The molecule has 1 aromatic heterocycles. The lowest BCUT2D eigenvalue weighted by atomic mass is 10.1. The van der Waals surface area contributed by atoms with Crippen molar-refractivity contribution < 1.29 is 27.1 Å². The van der Waals surface area contributed by atoms with E-state index in [0.29, 0.717) is 16.3 Å². The average Bonchev–Trinajstić information content (AvgIpc) is 3.23. The molecule has 3 aromatic carbocycles. The number of carbonyl (C=O) groups excluding carboxylic acids is 1. The monoisotopic (exact) mass is 617 g/mol. The summed E-state index contributed by atoms with van der Waals surface area (Å²) in [5, 5.41) is 5.15. The zero-order valence-corrected chi connectivity index (χ0v) is 20.8. The van der Waals surface area contributed by atoms with Gasteiger partial charge in [-0.3, -0.25) is 10.1 Å². The third-order valence-electron chi connectivity index (χ3n) is 4.64. The van der Waals surface area contributed by atoms with Crippen molar-refractivity contribution in [2.24, 2.45) is 0 Å². The van der Waals surface area contributed by atoms with E-state index in [1.54, 1.807) is 12.1 Å². The normalized spacial score (nSPS) is 10.9. The predicted octanol–water partition coefficient (Wildman–Crippen LogP) is 6.26. The van der Waals surface area contributed by atoms with Gasteiger partial charge in [0.25, 0.3) is 5.91 Å². The quantitative estimate of drug-likeness (QED) is 0.123. The highest BCUT2D eigenvalue weighted by Gasteiger charge is 2.30. The first-order chi connectivity index (χ1) is 16.2. The second-order valence-corrected chi connectivity index (χ2v) is 9.43. The fourth-order valence-corrected chi connectivity index (χ4v) is 4.79. The van der Waals surface area contributed by atoms with E-state index in [0.717, 1.165) is 20.9 Å². The Morgan fingerprint density at radius 1 is 1.06 bits per heavy atom. The SMILES string of the molecule is COc1c(F)c(F)c(C(=O)NC(=S)Nc2ccc(I)cc2-c2nc3ccccc3s2)c(F)c1F. The lowest BCUT2D eigenvalue weighted by Gasteiger charge is -2.14. The highest BCUT2D eigenvalue weighted by atomic mass is 127. The highest BCUT2D eigenvalue weighted by Crippen LogP contribution is 2.35. The number of hydrogen-bond acceptors (Lipinski definition) is 5. The number of aromatic nitrogens is 1. The van der Waals surface area contributed by atoms with Crippen LogP contribution in [0.3, 0.4) is 0 Å². The van der Waals surface area contributed by atoms with Crippen LogP contribution in [0.5, 0.6) is 5.75 Å². The van der Waals surface area contributed by atoms with Crippen LogP contribution in [0.2, 0.25) is 0 Å². The Bertz CT molecular complexity index is 1400.